The summed E-state index contributed by atoms with van der Waals surface area (Å²) in [5, 5.41) is 15.0. The molecule has 1 atom stereocenters. The number of nitrogens with zero attached hydrogens (tertiary/aromatic N) is 3. The van der Waals surface area contributed by atoms with Crippen LogP contribution >= 0.6 is 11.3 Å². The van der Waals surface area contributed by atoms with Gasteiger partial charge in [-0.25, -0.2) is 9.97 Å². The first-order valence-electron chi connectivity index (χ1n) is 4.82. The number of aromatic nitrogens is 2. The summed E-state index contributed by atoms with van der Waals surface area (Å²) in [6.45, 7) is 1.99. The van der Waals surface area contributed by atoms with Crippen LogP contribution in [0.1, 0.15) is 23.5 Å². The zero-order chi connectivity index (χ0) is 11.4. The molecule has 0 saturated heterocycles. The second-order valence-electron chi connectivity index (χ2n) is 3.25. The SMILES string of the molecule is CC(Nc1ncccc1C#N)c1nccs1. The van der Waals surface area contributed by atoms with Crippen LogP contribution in [0.3, 0.4) is 0 Å². The molecule has 0 fully saturated rings. The van der Waals surface area contributed by atoms with Crippen molar-refractivity contribution >= 4 is 17.2 Å². The number of nitrogens with one attached hydrogen (secondary N) is 1. The van der Waals surface area contributed by atoms with Crippen LogP contribution in [-0.4, -0.2) is 9.97 Å². The van der Waals surface area contributed by atoms with Crippen LogP contribution in [-0.2, 0) is 0 Å². The fourth-order valence-corrected chi connectivity index (χ4v) is 1.97. The van der Waals surface area contributed by atoms with Gasteiger partial charge in [0.05, 0.1) is 11.6 Å². The Hall–Kier alpha value is -1.93. The molecule has 0 saturated carbocycles. The number of rotatable bonds is 3. The average molecular weight is 230 g/mol. The van der Waals surface area contributed by atoms with Crippen LogP contribution < -0.4 is 5.32 Å². The van der Waals surface area contributed by atoms with Gasteiger partial charge < -0.3 is 5.32 Å². The van der Waals surface area contributed by atoms with Gasteiger partial charge in [0, 0.05) is 17.8 Å². The molecule has 2 rings (SSSR count). The minimum atomic E-state index is 0.0574. The van der Waals surface area contributed by atoms with Gasteiger partial charge >= 0.3 is 0 Å². The molecule has 2 aromatic heterocycles. The molecule has 0 aromatic carbocycles. The van der Waals surface area contributed by atoms with Gasteiger partial charge in [-0.3, -0.25) is 0 Å². The lowest BCUT2D eigenvalue weighted by molar-refractivity contribution is 0.860. The molecule has 2 aromatic rings. The maximum Gasteiger partial charge on any atom is 0.144 e. The molecule has 0 aliphatic rings. The summed E-state index contributed by atoms with van der Waals surface area (Å²) in [5.74, 6) is 0.604. The largest absolute Gasteiger partial charge is 0.360 e. The lowest BCUT2D eigenvalue weighted by Crippen LogP contribution is -2.08. The van der Waals surface area contributed by atoms with E-state index in [2.05, 4.69) is 21.4 Å². The third kappa shape index (κ3) is 2.18. The minimum Gasteiger partial charge on any atom is -0.360 e. The standard InChI is InChI=1S/C11H10N4S/c1-8(11-14-5-6-16-11)15-10-9(7-12)3-2-4-13-10/h2-6,8H,1H3,(H,13,15). The second-order valence-corrected chi connectivity index (χ2v) is 4.17. The van der Waals surface area contributed by atoms with Gasteiger partial charge in [-0.05, 0) is 19.1 Å². The smallest absolute Gasteiger partial charge is 0.144 e. The van der Waals surface area contributed by atoms with E-state index in [4.69, 9.17) is 5.26 Å². The first kappa shape index (κ1) is 10.6. The quantitative estimate of drug-likeness (QED) is 0.880. The Bertz CT molecular complexity index is 501. The molecule has 0 radical (unpaired) electrons. The zero-order valence-corrected chi connectivity index (χ0v) is 9.53. The molecule has 0 spiro atoms. The first-order valence-corrected chi connectivity index (χ1v) is 5.70. The van der Waals surface area contributed by atoms with Crippen LogP contribution in [0.4, 0.5) is 5.82 Å². The normalized spacial score (nSPS) is 11.8. The molecule has 2 heterocycles. The Kier molecular flexibility index (Phi) is 3.13. The van der Waals surface area contributed by atoms with Crippen molar-refractivity contribution in [3.05, 3.63) is 40.5 Å². The summed E-state index contributed by atoms with van der Waals surface area (Å²) >= 11 is 1.58. The number of nitriles is 1. The predicted molar refractivity (Wildman–Crippen MR) is 63.1 cm³/mol. The van der Waals surface area contributed by atoms with Gasteiger partial charge in [-0.15, -0.1) is 11.3 Å². The molecule has 1 N–H and O–H groups in total. The van der Waals surface area contributed by atoms with Crippen molar-refractivity contribution in [3.63, 3.8) is 0 Å². The molecule has 0 amide bonds. The summed E-state index contributed by atoms with van der Waals surface area (Å²) in [7, 11) is 0. The van der Waals surface area contributed by atoms with Crippen LogP contribution in [0, 0.1) is 11.3 Å². The van der Waals surface area contributed by atoms with Gasteiger partial charge in [-0.1, -0.05) is 0 Å². The molecular formula is C11H10N4S. The predicted octanol–water partition coefficient (Wildman–Crippen LogP) is 2.58. The summed E-state index contributed by atoms with van der Waals surface area (Å²) in [6.07, 6.45) is 3.43. The Labute approximate surface area is 97.6 Å². The van der Waals surface area contributed by atoms with E-state index in [1.54, 1.807) is 35.9 Å². The van der Waals surface area contributed by atoms with Gasteiger partial charge in [0.25, 0.3) is 0 Å². The molecule has 16 heavy (non-hydrogen) atoms. The summed E-state index contributed by atoms with van der Waals surface area (Å²) in [5.41, 5.74) is 0.547. The Morgan fingerprint density at radius 1 is 1.44 bits per heavy atom. The molecule has 80 valence electrons. The molecule has 0 aliphatic carbocycles. The van der Waals surface area contributed by atoms with Gasteiger partial charge in [0.1, 0.15) is 16.9 Å². The fraction of sp³-hybridized carbons (Fsp3) is 0.182. The van der Waals surface area contributed by atoms with E-state index in [-0.39, 0.29) is 6.04 Å². The number of hydrogen-bond acceptors (Lipinski definition) is 5. The van der Waals surface area contributed by atoms with Crippen molar-refractivity contribution in [1.29, 1.82) is 5.26 Å². The van der Waals surface area contributed by atoms with Crippen LogP contribution in [0.15, 0.2) is 29.9 Å². The molecule has 0 bridgehead atoms. The van der Waals surface area contributed by atoms with Gasteiger partial charge in [-0.2, -0.15) is 5.26 Å². The molecule has 5 heteroatoms. The van der Waals surface area contributed by atoms with E-state index in [1.807, 2.05) is 12.3 Å². The summed E-state index contributed by atoms with van der Waals surface area (Å²) in [6, 6.07) is 5.65. The minimum absolute atomic E-state index is 0.0574. The third-order valence-electron chi connectivity index (χ3n) is 2.10. The summed E-state index contributed by atoms with van der Waals surface area (Å²) in [4.78, 5) is 8.36. The maximum absolute atomic E-state index is 8.92. The van der Waals surface area contributed by atoms with Crippen molar-refractivity contribution < 1.29 is 0 Å². The lowest BCUT2D eigenvalue weighted by Gasteiger charge is -2.12. The average Bonchev–Trinajstić information content (AvgIpc) is 2.83. The molecule has 0 aliphatic heterocycles. The van der Waals surface area contributed by atoms with Crippen molar-refractivity contribution in [3.8, 4) is 6.07 Å². The topological polar surface area (TPSA) is 61.6 Å². The summed E-state index contributed by atoms with van der Waals surface area (Å²) < 4.78 is 0. The lowest BCUT2D eigenvalue weighted by atomic mass is 10.2. The molecular weight excluding hydrogens is 220 g/mol. The Balaban J connectivity index is 2.19. The highest BCUT2D eigenvalue weighted by Crippen LogP contribution is 2.21. The van der Waals surface area contributed by atoms with E-state index in [9.17, 15) is 0 Å². The molecule has 1 unspecified atom stereocenters. The highest BCUT2D eigenvalue weighted by atomic mass is 32.1. The maximum atomic E-state index is 8.92. The number of hydrogen-bond donors (Lipinski definition) is 1. The monoisotopic (exact) mass is 230 g/mol. The van der Waals surface area contributed by atoms with E-state index in [0.717, 1.165) is 5.01 Å². The van der Waals surface area contributed by atoms with E-state index in [0.29, 0.717) is 11.4 Å². The number of anilines is 1. The first-order chi connectivity index (χ1) is 7.81. The van der Waals surface area contributed by atoms with Crippen LogP contribution in [0.25, 0.3) is 0 Å². The second kappa shape index (κ2) is 4.73. The van der Waals surface area contributed by atoms with E-state index < -0.39 is 0 Å². The number of thiazole rings is 1. The Morgan fingerprint density at radius 3 is 3.00 bits per heavy atom. The van der Waals surface area contributed by atoms with Gasteiger partial charge in [0.2, 0.25) is 0 Å². The van der Waals surface area contributed by atoms with Crippen LogP contribution in [0.5, 0.6) is 0 Å². The van der Waals surface area contributed by atoms with Crippen molar-refractivity contribution in [2.24, 2.45) is 0 Å². The van der Waals surface area contributed by atoms with Crippen molar-refractivity contribution in [2.75, 3.05) is 5.32 Å². The fourth-order valence-electron chi connectivity index (χ4n) is 1.33. The third-order valence-corrected chi connectivity index (χ3v) is 3.06. The Morgan fingerprint density at radius 2 is 2.31 bits per heavy atom. The van der Waals surface area contributed by atoms with Crippen molar-refractivity contribution in [1.82, 2.24) is 9.97 Å². The van der Waals surface area contributed by atoms with Gasteiger partial charge in [0.15, 0.2) is 0 Å². The highest BCUT2D eigenvalue weighted by Gasteiger charge is 2.10. The van der Waals surface area contributed by atoms with Crippen molar-refractivity contribution in [2.45, 2.75) is 13.0 Å². The van der Waals surface area contributed by atoms with E-state index in [1.165, 1.54) is 0 Å². The number of pyridine rings is 1. The molecule has 4 nitrogen and oxygen atoms in total. The van der Waals surface area contributed by atoms with E-state index >= 15 is 0 Å². The zero-order valence-electron chi connectivity index (χ0n) is 8.71. The van der Waals surface area contributed by atoms with Crippen LogP contribution in [0.2, 0.25) is 0 Å². The highest BCUT2D eigenvalue weighted by molar-refractivity contribution is 7.09.